The smallest absolute Gasteiger partial charge is 0.0720 e. The van der Waals surface area contributed by atoms with E-state index in [4.69, 9.17) is 0 Å². The summed E-state index contributed by atoms with van der Waals surface area (Å²) in [5.74, 6) is 0. The molecular formula is C61H50N2. The van der Waals surface area contributed by atoms with Crippen LogP contribution in [-0.2, 0) is 17.3 Å². The molecule has 63 heavy (non-hydrogen) atoms. The number of allylic oxidation sites excluding steroid dienone is 8. The Morgan fingerprint density at radius 1 is 0.556 bits per heavy atom. The molecule has 7 aromatic rings. The van der Waals surface area contributed by atoms with Crippen molar-refractivity contribution in [1.82, 2.24) is 0 Å². The zero-order valence-electron chi connectivity index (χ0n) is 36.0. The van der Waals surface area contributed by atoms with E-state index in [9.17, 15) is 0 Å². The third-order valence-corrected chi connectivity index (χ3v) is 14.6. The SMILES string of the molecule is C/C(=C\C=C/C(C)Nc1cccc2c1CCC=C2)c1ccccc1Nc1ccc2c(c1)C1(C3=C(C=CCC3)c3ccccc31)c1ccccc1C21c2ccccc2-c2ccccc21. The molecule has 2 spiro atoms. The van der Waals surface area contributed by atoms with Gasteiger partial charge < -0.3 is 10.6 Å². The van der Waals surface area contributed by atoms with Crippen molar-refractivity contribution >= 4 is 34.3 Å². The van der Waals surface area contributed by atoms with Crippen LogP contribution in [0.2, 0.25) is 0 Å². The van der Waals surface area contributed by atoms with Gasteiger partial charge in [0.05, 0.1) is 10.8 Å². The maximum atomic E-state index is 4.00. The van der Waals surface area contributed by atoms with E-state index in [1.165, 1.54) is 94.7 Å². The van der Waals surface area contributed by atoms with Gasteiger partial charge in [0.25, 0.3) is 0 Å². The third-order valence-electron chi connectivity index (χ3n) is 14.6. The Morgan fingerprint density at radius 2 is 1.16 bits per heavy atom. The van der Waals surface area contributed by atoms with Crippen molar-refractivity contribution in [2.24, 2.45) is 0 Å². The number of hydrogen-bond acceptors (Lipinski definition) is 2. The molecule has 0 fully saturated rings. The highest BCUT2D eigenvalue weighted by Crippen LogP contribution is 2.68. The number of fused-ring (bicyclic) bond motifs is 16. The summed E-state index contributed by atoms with van der Waals surface area (Å²) < 4.78 is 0. The second-order valence-corrected chi connectivity index (χ2v) is 17.9. The molecule has 2 unspecified atom stereocenters. The normalized spacial score (nSPS) is 18.7. The fraction of sp³-hybridized carbons (Fsp3) is 0.148. The molecular weight excluding hydrogens is 761 g/mol. The van der Waals surface area contributed by atoms with Gasteiger partial charge in [0.15, 0.2) is 0 Å². The lowest BCUT2D eigenvalue weighted by molar-refractivity contribution is 0.606. The van der Waals surface area contributed by atoms with Crippen LogP contribution in [0, 0.1) is 0 Å². The Bertz CT molecular complexity index is 3120. The second kappa shape index (κ2) is 14.7. The second-order valence-electron chi connectivity index (χ2n) is 17.9. The Hall–Kier alpha value is -7.16. The number of anilines is 3. The molecule has 0 saturated heterocycles. The molecule has 5 aliphatic rings. The fourth-order valence-electron chi connectivity index (χ4n) is 12.1. The summed E-state index contributed by atoms with van der Waals surface area (Å²) in [6.45, 7) is 4.45. The first kappa shape index (κ1) is 37.6. The highest BCUT2D eigenvalue weighted by atomic mass is 14.9. The molecule has 304 valence electrons. The summed E-state index contributed by atoms with van der Waals surface area (Å²) in [5.41, 5.74) is 24.2. The van der Waals surface area contributed by atoms with Gasteiger partial charge in [0.1, 0.15) is 0 Å². The van der Waals surface area contributed by atoms with Crippen LogP contribution in [0.25, 0.3) is 28.3 Å². The number of rotatable bonds is 7. The van der Waals surface area contributed by atoms with Crippen molar-refractivity contribution in [3.05, 3.63) is 261 Å². The van der Waals surface area contributed by atoms with Crippen molar-refractivity contribution in [3.63, 3.8) is 0 Å². The minimum atomic E-state index is -0.474. The monoisotopic (exact) mass is 810 g/mol. The third kappa shape index (κ3) is 5.50. The average molecular weight is 811 g/mol. The Balaban J connectivity index is 0.991. The van der Waals surface area contributed by atoms with Crippen LogP contribution in [0.4, 0.5) is 17.1 Å². The topological polar surface area (TPSA) is 24.1 Å². The quantitative estimate of drug-likeness (QED) is 0.157. The van der Waals surface area contributed by atoms with Crippen LogP contribution in [0.5, 0.6) is 0 Å². The lowest BCUT2D eigenvalue weighted by Gasteiger charge is -2.50. The van der Waals surface area contributed by atoms with Crippen molar-refractivity contribution in [1.29, 1.82) is 0 Å². The predicted octanol–water partition coefficient (Wildman–Crippen LogP) is 15.0. The summed E-state index contributed by atoms with van der Waals surface area (Å²) in [6, 6.07) is 59.8. The van der Waals surface area contributed by atoms with E-state index in [0.29, 0.717) is 0 Å². The van der Waals surface area contributed by atoms with Crippen molar-refractivity contribution in [3.8, 4) is 11.1 Å². The minimum Gasteiger partial charge on any atom is -0.379 e. The predicted molar refractivity (Wildman–Crippen MR) is 265 cm³/mol. The maximum Gasteiger partial charge on any atom is 0.0720 e. The molecule has 0 heterocycles. The molecule has 0 bridgehead atoms. The Labute approximate surface area is 371 Å². The molecule has 0 saturated carbocycles. The maximum absolute atomic E-state index is 4.00. The molecule has 0 radical (unpaired) electrons. The molecule has 2 N–H and O–H groups in total. The lowest BCUT2D eigenvalue weighted by Crippen LogP contribution is -2.44. The van der Waals surface area contributed by atoms with E-state index < -0.39 is 10.8 Å². The van der Waals surface area contributed by atoms with E-state index >= 15 is 0 Å². The van der Waals surface area contributed by atoms with E-state index in [-0.39, 0.29) is 6.04 Å². The molecule has 0 amide bonds. The number of nitrogens with one attached hydrogen (secondary N) is 2. The molecule has 0 aromatic heterocycles. The largest absolute Gasteiger partial charge is 0.379 e. The summed E-state index contributed by atoms with van der Waals surface area (Å²) >= 11 is 0. The van der Waals surface area contributed by atoms with Gasteiger partial charge in [-0.1, -0.05) is 176 Å². The van der Waals surface area contributed by atoms with E-state index in [2.05, 4.69) is 225 Å². The number of benzene rings is 7. The number of hydrogen-bond donors (Lipinski definition) is 2. The molecule has 7 aromatic carbocycles. The van der Waals surface area contributed by atoms with Crippen molar-refractivity contribution in [2.45, 2.75) is 56.4 Å². The van der Waals surface area contributed by atoms with Crippen LogP contribution in [0.1, 0.15) is 94.3 Å². The standard InChI is InChI=1S/C61H50N2/c1-40(19-17-20-41(2)62-59-36-18-22-42-21-3-4-24-45(42)59)44-23-9-16-35-58(44)63-43-37-38-56-57(39-43)61(52-31-12-7-27-48(52)49-28-8-13-32-53(49)61)55-34-15-14-33-54(55)60(56)50-29-10-5-25-46(50)47-26-6-11-30-51(47)60/h3,5-12,14-23,25-31,33-39,41,62-63H,4,13,24,32H2,1-2H3/b20-17-,40-19+. The first-order valence-corrected chi connectivity index (χ1v) is 22.8. The van der Waals surface area contributed by atoms with Crippen molar-refractivity contribution in [2.75, 3.05) is 10.6 Å². The van der Waals surface area contributed by atoms with Gasteiger partial charge in [-0.05, 0) is 147 Å². The van der Waals surface area contributed by atoms with Gasteiger partial charge in [-0.3, -0.25) is 0 Å². The molecule has 2 nitrogen and oxygen atoms in total. The molecule has 2 atom stereocenters. The first-order valence-electron chi connectivity index (χ1n) is 22.8. The summed E-state index contributed by atoms with van der Waals surface area (Å²) in [7, 11) is 0. The zero-order valence-corrected chi connectivity index (χ0v) is 36.0. The average Bonchev–Trinajstić information content (AvgIpc) is 3.80. The highest BCUT2D eigenvalue weighted by Gasteiger charge is 2.59. The van der Waals surface area contributed by atoms with Crippen LogP contribution in [0.3, 0.4) is 0 Å². The molecule has 0 aliphatic heterocycles. The van der Waals surface area contributed by atoms with Crippen LogP contribution in [0.15, 0.2) is 200 Å². The van der Waals surface area contributed by atoms with Gasteiger partial charge in [-0.2, -0.15) is 0 Å². The van der Waals surface area contributed by atoms with Crippen LogP contribution < -0.4 is 10.6 Å². The van der Waals surface area contributed by atoms with E-state index in [1.54, 1.807) is 0 Å². The number of para-hydroxylation sites is 1. The first-order chi connectivity index (χ1) is 31.1. The summed E-state index contributed by atoms with van der Waals surface area (Å²) in [4.78, 5) is 0. The molecule has 12 rings (SSSR count). The highest BCUT2D eigenvalue weighted by molar-refractivity contribution is 5.96. The van der Waals surface area contributed by atoms with Crippen molar-refractivity contribution < 1.29 is 0 Å². The van der Waals surface area contributed by atoms with Gasteiger partial charge in [-0.15, -0.1) is 0 Å². The Kier molecular flexibility index (Phi) is 8.80. The summed E-state index contributed by atoms with van der Waals surface area (Å²) in [5, 5.41) is 7.76. The van der Waals surface area contributed by atoms with Crippen LogP contribution >= 0.6 is 0 Å². The van der Waals surface area contributed by atoms with Gasteiger partial charge >= 0.3 is 0 Å². The fourth-order valence-corrected chi connectivity index (χ4v) is 12.1. The summed E-state index contributed by atoms with van der Waals surface area (Å²) in [6.07, 6.45) is 20.3. The minimum absolute atomic E-state index is 0.186. The zero-order chi connectivity index (χ0) is 42.1. The van der Waals surface area contributed by atoms with Gasteiger partial charge in [0.2, 0.25) is 0 Å². The lowest BCUT2D eigenvalue weighted by atomic mass is 9.51. The van der Waals surface area contributed by atoms with E-state index in [0.717, 1.165) is 37.1 Å². The van der Waals surface area contributed by atoms with E-state index in [1.807, 2.05) is 0 Å². The van der Waals surface area contributed by atoms with Gasteiger partial charge in [-0.25, -0.2) is 0 Å². The Morgan fingerprint density at radius 3 is 1.94 bits per heavy atom. The van der Waals surface area contributed by atoms with Gasteiger partial charge in [0, 0.05) is 28.7 Å². The van der Waals surface area contributed by atoms with Crippen LogP contribution in [-0.4, -0.2) is 6.04 Å². The molecule has 5 aliphatic carbocycles. The molecule has 2 heteroatoms.